The van der Waals surface area contributed by atoms with E-state index in [1.807, 2.05) is 12.4 Å². The van der Waals surface area contributed by atoms with E-state index in [1.54, 1.807) is 0 Å². The maximum Gasteiger partial charge on any atom is 0.222 e. The molecule has 1 aromatic rings. The molecule has 1 aliphatic rings. The lowest BCUT2D eigenvalue weighted by atomic mass is 10.2. The number of nitrogens with one attached hydrogen (secondary N) is 2. The van der Waals surface area contributed by atoms with Crippen LogP contribution in [0, 0.1) is 0 Å². The highest BCUT2D eigenvalue weighted by Crippen LogP contribution is 2.05. The van der Waals surface area contributed by atoms with Crippen LogP contribution in [-0.4, -0.2) is 42.3 Å². The Balaban J connectivity index is 1.69. The SMILES string of the molecule is CCCc1cnc(NCCC2CNCCO2)nc1. The van der Waals surface area contributed by atoms with E-state index >= 15 is 0 Å². The summed E-state index contributed by atoms with van der Waals surface area (Å²) in [7, 11) is 0. The van der Waals surface area contributed by atoms with Crippen molar-refractivity contribution in [1.82, 2.24) is 15.3 Å². The van der Waals surface area contributed by atoms with E-state index in [4.69, 9.17) is 4.74 Å². The number of ether oxygens (including phenoxy) is 1. The van der Waals surface area contributed by atoms with Crippen LogP contribution >= 0.6 is 0 Å². The van der Waals surface area contributed by atoms with Crippen molar-refractivity contribution < 1.29 is 4.74 Å². The quantitative estimate of drug-likeness (QED) is 0.795. The summed E-state index contributed by atoms with van der Waals surface area (Å²) in [6.07, 6.45) is 7.26. The third-order valence-corrected chi connectivity index (χ3v) is 3.00. The van der Waals surface area contributed by atoms with Gasteiger partial charge in [0.25, 0.3) is 0 Å². The van der Waals surface area contributed by atoms with Gasteiger partial charge in [-0.25, -0.2) is 9.97 Å². The van der Waals surface area contributed by atoms with Gasteiger partial charge in [0.05, 0.1) is 12.7 Å². The molecule has 0 spiro atoms. The molecule has 1 saturated heterocycles. The number of rotatable bonds is 6. The van der Waals surface area contributed by atoms with Gasteiger partial charge in [0.2, 0.25) is 5.95 Å². The maximum atomic E-state index is 5.62. The van der Waals surface area contributed by atoms with Crippen LogP contribution in [0.4, 0.5) is 5.95 Å². The van der Waals surface area contributed by atoms with E-state index < -0.39 is 0 Å². The predicted octanol–water partition coefficient (Wildman–Crippen LogP) is 1.22. The zero-order valence-corrected chi connectivity index (χ0v) is 11.0. The number of hydrogen-bond acceptors (Lipinski definition) is 5. The molecule has 1 fully saturated rings. The van der Waals surface area contributed by atoms with Crippen molar-refractivity contribution >= 4 is 5.95 Å². The minimum atomic E-state index is 0.311. The third kappa shape index (κ3) is 4.23. The van der Waals surface area contributed by atoms with Gasteiger partial charge in [0.15, 0.2) is 0 Å². The Labute approximate surface area is 108 Å². The van der Waals surface area contributed by atoms with Crippen LogP contribution in [0.5, 0.6) is 0 Å². The van der Waals surface area contributed by atoms with Crippen LogP contribution in [0.2, 0.25) is 0 Å². The average molecular weight is 250 g/mol. The molecule has 0 aromatic carbocycles. The zero-order valence-electron chi connectivity index (χ0n) is 11.0. The fourth-order valence-corrected chi connectivity index (χ4v) is 2.01. The number of morpholine rings is 1. The molecular formula is C13H22N4O. The molecule has 18 heavy (non-hydrogen) atoms. The van der Waals surface area contributed by atoms with E-state index in [1.165, 1.54) is 5.56 Å². The second-order valence-electron chi connectivity index (χ2n) is 4.58. The molecule has 2 heterocycles. The minimum absolute atomic E-state index is 0.311. The topological polar surface area (TPSA) is 59.1 Å². The first-order valence-corrected chi connectivity index (χ1v) is 6.75. The van der Waals surface area contributed by atoms with E-state index in [2.05, 4.69) is 27.5 Å². The van der Waals surface area contributed by atoms with Gasteiger partial charge in [-0.3, -0.25) is 0 Å². The van der Waals surface area contributed by atoms with Crippen molar-refractivity contribution in [1.29, 1.82) is 0 Å². The first-order chi connectivity index (χ1) is 8.88. The van der Waals surface area contributed by atoms with Crippen molar-refractivity contribution in [2.24, 2.45) is 0 Å². The summed E-state index contributed by atoms with van der Waals surface area (Å²) in [5.74, 6) is 0.707. The van der Waals surface area contributed by atoms with Gasteiger partial charge in [0, 0.05) is 32.0 Å². The first kappa shape index (κ1) is 13.2. The van der Waals surface area contributed by atoms with Crippen molar-refractivity contribution in [3.63, 3.8) is 0 Å². The van der Waals surface area contributed by atoms with Crippen molar-refractivity contribution in [3.8, 4) is 0 Å². The van der Waals surface area contributed by atoms with Crippen molar-refractivity contribution in [2.75, 3.05) is 31.6 Å². The molecule has 2 rings (SSSR count). The standard InChI is InChI=1S/C13H22N4O/c1-2-3-11-8-16-13(17-9-11)15-5-4-12-10-14-6-7-18-12/h8-9,12,14H,2-7,10H2,1H3,(H,15,16,17). The van der Waals surface area contributed by atoms with E-state index in [0.717, 1.165) is 45.5 Å². The largest absolute Gasteiger partial charge is 0.376 e. The van der Waals surface area contributed by atoms with Crippen LogP contribution in [-0.2, 0) is 11.2 Å². The number of nitrogens with zero attached hydrogens (tertiary/aromatic N) is 2. The Morgan fingerprint density at radius 2 is 2.28 bits per heavy atom. The Bertz CT molecular complexity index is 335. The van der Waals surface area contributed by atoms with E-state index in [0.29, 0.717) is 12.1 Å². The summed E-state index contributed by atoms with van der Waals surface area (Å²) >= 11 is 0. The molecule has 1 unspecified atom stereocenters. The van der Waals surface area contributed by atoms with Crippen LogP contribution < -0.4 is 10.6 Å². The lowest BCUT2D eigenvalue weighted by Crippen LogP contribution is -2.39. The molecule has 1 atom stereocenters. The Hall–Kier alpha value is -1.20. The van der Waals surface area contributed by atoms with Crippen LogP contribution in [0.3, 0.4) is 0 Å². The van der Waals surface area contributed by atoms with Crippen molar-refractivity contribution in [3.05, 3.63) is 18.0 Å². The third-order valence-electron chi connectivity index (χ3n) is 3.00. The molecule has 100 valence electrons. The summed E-state index contributed by atoms with van der Waals surface area (Å²) in [5.41, 5.74) is 1.20. The van der Waals surface area contributed by atoms with E-state index in [9.17, 15) is 0 Å². The van der Waals surface area contributed by atoms with Gasteiger partial charge in [-0.1, -0.05) is 13.3 Å². The van der Waals surface area contributed by atoms with E-state index in [-0.39, 0.29) is 0 Å². The summed E-state index contributed by atoms with van der Waals surface area (Å²) in [5, 5.41) is 6.55. The molecule has 2 N–H and O–H groups in total. The molecule has 5 nitrogen and oxygen atoms in total. The van der Waals surface area contributed by atoms with Gasteiger partial charge in [-0.2, -0.15) is 0 Å². The fourth-order valence-electron chi connectivity index (χ4n) is 2.01. The predicted molar refractivity (Wildman–Crippen MR) is 71.7 cm³/mol. The van der Waals surface area contributed by atoms with Crippen LogP contribution in [0.1, 0.15) is 25.3 Å². The molecule has 0 aliphatic carbocycles. The maximum absolute atomic E-state index is 5.62. The summed E-state index contributed by atoms with van der Waals surface area (Å²) in [6, 6.07) is 0. The van der Waals surface area contributed by atoms with Crippen molar-refractivity contribution in [2.45, 2.75) is 32.3 Å². The van der Waals surface area contributed by atoms with Crippen LogP contribution in [0.15, 0.2) is 12.4 Å². The lowest BCUT2D eigenvalue weighted by molar-refractivity contribution is 0.0258. The normalized spacial score (nSPS) is 19.7. The molecule has 1 aromatic heterocycles. The first-order valence-electron chi connectivity index (χ1n) is 6.75. The minimum Gasteiger partial charge on any atom is -0.376 e. The van der Waals surface area contributed by atoms with Gasteiger partial charge in [-0.05, 0) is 18.4 Å². The summed E-state index contributed by atoms with van der Waals surface area (Å²) in [6.45, 7) is 5.72. The molecule has 0 saturated carbocycles. The second kappa shape index (κ2) is 7.28. The summed E-state index contributed by atoms with van der Waals surface area (Å²) in [4.78, 5) is 8.60. The molecular weight excluding hydrogens is 228 g/mol. The Morgan fingerprint density at radius 3 is 2.94 bits per heavy atom. The molecule has 5 heteroatoms. The molecule has 1 aliphatic heterocycles. The summed E-state index contributed by atoms with van der Waals surface area (Å²) < 4.78 is 5.62. The van der Waals surface area contributed by atoms with Gasteiger partial charge in [-0.15, -0.1) is 0 Å². The zero-order chi connectivity index (χ0) is 12.6. The fraction of sp³-hybridized carbons (Fsp3) is 0.692. The number of aryl methyl sites for hydroxylation is 1. The smallest absolute Gasteiger partial charge is 0.222 e. The average Bonchev–Trinajstić information content (AvgIpc) is 2.42. The number of anilines is 1. The van der Waals surface area contributed by atoms with Gasteiger partial charge >= 0.3 is 0 Å². The highest BCUT2D eigenvalue weighted by Gasteiger charge is 2.12. The molecule has 0 bridgehead atoms. The monoisotopic (exact) mass is 250 g/mol. The lowest BCUT2D eigenvalue weighted by Gasteiger charge is -2.23. The number of hydrogen-bond donors (Lipinski definition) is 2. The highest BCUT2D eigenvalue weighted by atomic mass is 16.5. The highest BCUT2D eigenvalue weighted by molar-refractivity contribution is 5.24. The Morgan fingerprint density at radius 1 is 1.44 bits per heavy atom. The van der Waals surface area contributed by atoms with Gasteiger partial charge in [0.1, 0.15) is 0 Å². The Kier molecular flexibility index (Phi) is 5.36. The molecule has 0 radical (unpaired) electrons. The molecule has 0 amide bonds. The van der Waals surface area contributed by atoms with Crippen LogP contribution in [0.25, 0.3) is 0 Å². The second-order valence-corrected chi connectivity index (χ2v) is 4.58. The number of aromatic nitrogens is 2. The van der Waals surface area contributed by atoms with Gasteiger partial charge < -0.3 is 15.4 Å².